The van der Waals surface area contributed by atoms with Crippen LogP contribution in [0.4, 0.5) is 0 Å². The van der Waals surface area contributed by atoms with Gasteiger partial charge in [0.15, 0.2) is 5.78 Å². The van der Waals surface area contributed by atoms with Gasteiger partial charge in [-0.3, -0.25) is 4.79 Å². The zero-order valence-electron chi connectivity index (χ0n) is 18.5. The molecular formula is C26H29BrO5. The van der Waals surface area contributed by atoms with E-state index >= 15 is 0 Å². The van der Waals surface area contributed by atoms with E-state index in [1.807, 2.05) is 24.3 Å². The molecule has 0 aliphatic heterocycles. The van der Waals surface area contributed by atoms with Gasteiger partial charge in [-0.05, 0) is 63.3 Å². The number of carbonyl (C=O) groups excluding carboxylic acids is 2. The van der Waals surface area contributed by atoms with Crippen molar-refractivity contribution in [3.63, 3.8) is 0 Å². The fraction of sp³-hybridized carbons (Fsp3) is 0.385. The van der Waals surface area contributed by atoms with Crippen molar-refractivity contribution in [2.24, 2.45) is 0 Å². The molecule has 0 radical (unpaired) electrons. The molecule has 170 valence electrons. The summed E-state index contributed by atoms with van der Waals surface area (Å²) >= 11 is 3.44. The average molecular weight is 501 g/mol. The minimum atomic E-state index is -0.431. The molecule has 0 atom stereocenters. The largest absolute Gasteiger partial charge is 0.460 e. The first-order valence-corrected chi connectivity index (χ1v) is 12.1. The molecule has 6 heteroatoms. The van der Waals surface area contributed by atoms with Crippen molar-refractivity contribution in [3.05, 3.63) is 70.5 Å². The molecule has 1 heterocycles. The van der Waals surface area contributed by atoms with Crippen LogP contribution in [0.15, 0.2) is 46.9 Å². The van der Waals surface area contributed by atoms with Crippen LogP contribution in [0.25, 0.3) is 11.0 Å². The van der Waals surface area contributed by atoms with E-state index in [0.717, 1.165) is 18.2 Å². The third-order valence-corrected chi connectivity index (χ3v) is 5.75. The van der Waals surface area contributed by atoms with E-state index in [1.54, 1.807) is 32.0 Å². The lowest BCUT2D eigenvalue weighted by Gasteiger charge is -2.08. The number of hydrogen-bond donors (Lipinski definition) is 1. The van der Waals surface area contributed by atoms with Gasteiger partial charge in [0.1, 0.15) is 11.3 Å². The Hall–Kier alpha value is -2.44. The highest BCUT2D eigenvalue weighted by molar-refractivity contribution is 9.09. The molecule has 0 fully saturated rings. The summed E-state index contributed by atoms with van der Waals surface area (Å²) in [6.45, 7) is 3.68. The number of fused-ring (bicyclic) bond motifs is 1. The van der Waals surface area contributed by atoms with Gasteiger partial charge in [0.2, 0.25) is 0 Å². The minimum Gasteiger partial charge on any atom is -0.460 e. The molecule has 0 aliphatic carbocycles. The normalized spacial score (nSPS) is 11.3. The van der Waals surface area contributed by atoms with E-state index in [-0.39, 0.29) is 18.5 Å². The van der Waals surface area contributed by atoms with Gasteiger partial charge in [0.05, 0.1) is 17.2 Å². The smallest absolute Gasteiger partial charge is 0.338 e. The van der Waals surface area contributed by atoms with Gasteiger partial charge in [-0.15, -0.1) is 0 Å². The summed E-state index contributed by atoms with van der Waals surface area (Å²) in [6, 6.07) is 12.7. The molecule has 1 N–H and O–H groups in total. The van der Waals surface area contributed by atoms with E-state index in [1.165, 1.54) is 5.56 Å². The number of carbonyl (C=O) groups is 2. The second kappa shape index (κ2) is 11.4. The predicted octanol–water partition coefficient (Wildman–Crippen LogP) is 5.87. The molecule has 0 unspecified atom stereocenters. The first-order chi connectivity index (χ1) is 15.4. The van der Waals surface area contributed by atoms with Crippen molar-refractivity contribution in [2.75, 3.05) is 11.9 Å². The molecule has 3 aromatic rings. The first kappa shape index (κ1) is 24.2. The first-order valence-electron chi connectivity index (χ1n) is 11.0. The molecule has 2 aromatic carbocycles. The Morgan fingerprint density at radius 1 is 1.00 bits per heavy atom. The van der Waals surface area contributed by atoms with Crippen LogP contribution in [0.1, 0.15) is 70.7 Å². The number of ketones is 1. The highest BCUT2D eigenvalue weighted by atomic mass is 79.9. The Morgan fingerprint density at radius 2 is 1.72 bits per heavy atom. The van der Waals surface area contributed by atoms with E-state index < -0.39 is 5.97 Å². The summed E-state index contributed by atoms with van der Waals surface area (Å²) in [4.78, 5) is 25.9. The van der Waals surface area contributed by atoms with Gasteiger partial charge in [-0.25, -0.2) is 4.79 Å². The lowest BCUT2D eigenvalue weighted by molar-refractivity contribution is 0.0378. The number of benzene rings is 2. The van der Waals surface area contributed by atoms with Crippen LogP contribution in [0.5, 0.6) is 0 Å². The summed E-state index contributed by atoms with van der Waals surface area (Å²) < 4.78 is 11.3. The van der Waals surface area contributed by atoms with Crippen LogP contribution in [-0.4, -0.2) is 34.9 Å². The number of halogens is 1. The van der Waals surface area contributed by atoms with Gasteiger partial charge < -0.3 is 14.3 Å². The molecule has 32 heavy (non-hydrogen) atoms. The van der Waals surface area contributed by atoms with Crippen molar-refractivity contribution in [2.45, 2.75) is 52.1 Å². The molecule has 0 saturated heterocycles. The maximum Gasteiger partial charge on any atom is 0.338 e. The second-order valence-corrected chi connectivity index (χ2v) is 8.86. The summed E-state index contributed by atoms with van der Waals surface area (Å²) in [5, 5.41) is 10.7. The predicted molar refractivity (Wildman–Crippen MR) is 129 cm³/mol. The average Bonchev–Trinajstić information content (AvgIpc) is 3.14. The molecule has 3 rings (SSSR count). The standard InChI is InChI=1S/C26H29BrO5/c1-17(2)31-26(30)20-12-13-22-21(16-20)24(23(32-22)7-3-4-15-28)25(29)19-10-8-18(9-11-19)6-5-14-27/h8-13,16-17,28H,3-7,14-15H2,1-2H3. The fourth-order valence-corrected chi connectivity index (χ4v) is 3.90. The lowest BCUT2D eigenvalue weighted by Crippen LogP contribution is -2.11. The Labute approximate surface area is 196 Å². The number of furan rings is 1. The van der Waals surface area contributed by atoms with E-state index in [0.29, 0.717) is 52.7 Å². The third kappa shape index (κ3) is 5.87. The molecule has 0 saturated carbocycles. The number of rotatable bonds is 11. The fourth-order valence-electron chi connectivity index (χ4n) is 3.62. The molecule has 0 aliphatic rings. The van der Waals surface area contributed by atoms with Crippen LogP contribution in [-0.2, 0) is 17.6 Å². The van der Waals surface area contributed by atoms with E-state index in [4.69, 9.17) is 14.3 Å². The number of alkyl halides is 1. The van der Waals surface area contributed by atoms with Crippen molar-refractivity contribution >= 4 is 38.7 Å². The highest BCUT2D eigenvalue weighted by Crippen LogP contribution is 2.31. The zero-order chi connectivity index (χ0) is 23.1. The third-order valence-electron chi connectivity index (χ3n) is 5.19. The lowest BCUT2D eigenvalue weighted by atomic mass is 9.96. The number of hydrogen-bond acceptors (Lipinski definition) is 5. The van der Waals surface area contributed by atoms with Crippen LogP contribution in [0, 0.1) is 0 Å². The van der Waals surface area contributed by atoms with Crippen molar-refractivity contribution in [3.8, 4) is 0 Å². The Balaban J connectivity index is 2.01. The Morgan fingerprint density at radius 3 is 2.38 bits per heavy atom. The second-order valence-electron chi connectivity index (χ2n) is 8.06. The van der Waals surface area contributed by atoms with Gasteiger partial charge >= 0.3 is 5.97 Å². The van der Waals surface area contributed by atoms with Crippen molar-refractivity contribution in [1.29, 1.82) is 0 Å². The van der Waals surface area contributed by atoms with Gasteiger partial charge in [-0.2, -0.15) is 0 Å². The van der Waals surface area contributed by atoms with Gasteiger partial charge in [-0.1, -0.05) is 40.2 Å². The van der Waals surface area contributed by atoms with E-state index in [9.17, 15) is 9.59 Å². The molecule has 0 bridgehead atoms. The molecule has 0 amide bonds. The quantitative estimate of drug-likeness (QED) is 0.154. The highest BCUT2D eigenvalue weighted by Gasteiger charge is 2.23. The van der Waals surface area contributed by atoms with Crippen molar-refractivity contribution < 1.29 is 23.8 Å². The maximum absolute atomic E-state index is 13.5. The van der Waals surface area contributed by atoms with Crippen LogP contribution < -0.4 is 0 Å². The summed E-state index contributed by atoms with van der Waals surface area (Å²) in [7, 11) is 0. The molecule has 5 nitrogen and oxygen atoms in total. The Kier molecular flexibility index (Phi) is 8.65. The van der Waals surface area contributed by atoms with Crippen LogP contribution >= 0.6 is 15.9 Å². The summed E-state index contributed by atoms with van der Waals surface area (Å²) in [6.07, 6.45) is 3.60. The molecule has 1 aromatic heterocycles. The van der Waals surface area contributed by atoms with E-state index in [2.05, 4.69) is 15.9 Å². The summed E-state index contributed by atoms with van der Waals surface area (Å²) in [5.74, 6) is 0.0137. The Bertz CT molecular complexity index is 1070. The zero-order valence-corrected chi connectivity index (χ0v) is 20.1. The summed E-state index contributed by atoms with van der Waals surface area (Å²) in [5.41, 5.74) is 3.18. The number of unbranched alkanes of at least 4 members (excludes halogenated alkanes) is 1. The van der Waals surface area contributed by atoms with Gasteiger partial charge in [0, 0.05) is 29.3 Å². The molecule has 0 spiro atoms. The van der Waals surface area contributed by atoms with Crippen molar-refractivity contribution in [1.82, 2.24) is 0 Å². The minimum absolute atomic E-state index is 0.0879. The number of aryl methyl sites for hydroxylation is 2. The number of aliphatic hydroxyl groups is 1. The van der Waals surface area contributed by atoms with Crippen LogP contribution in [0.2, 0.25) is 0 Å². The monoisotopic (exact) mass is 500 g/mol. The maximum atomic E-state index is 13.5. The number of ether oxygens (including phenoxy) is 1. The topological polar surface area (TPSA) is 76.7 Å². The van der Waals surface area contributed by atoms with Crippen LogP contribution in [0.3, 0.4) is 0 Å². The molecular weight excluding hydrogens is 472 g/mol. The number of esters is 1. The van der Waals surface area contributed by atoms with Gasteiger partial charge in [0.25, 0.3) is 0 Å². The SMILES string of the molecule is CC(C)OC(=O)c1ccc2oc(CCCCO)c(C(=O)c3ccc(CCCBr)cc3)c2c1. The number of aliphatic hydroxyl groups excluding tert-OH is 1.